The van der Waals surface area contributed by atoms with Crippen molar-refractivity contribution in [2.45, 2.75) is 6.42 Å². The van der Waals surface area contributed by atoms with Gasteiger partial charge in [0, 0.05) is 12.0 Å². The number of isothiocyanates is 1. The summed E-state index contributed by atoms with van der Waals surface area (Å²) in [6.07, 6.45) is 0.916. The molecule has 1 aliphatic rings. The molecule has 0 spiro atoms. The van der Waals surface area contributed by atoms with E-state index in [1.807, 2.05) is 12.1 Å². The maximum Gasteiger partial charge on any atom is 0.158 e. The molecule has 4 heteroatoms. The van der Waals surface area contributed by atoms with Crippen LogP contribution in [0.2, 0.25) is 0 Å². The molecule has 1 heterocycles. The molecule has 0 N–H and O–H groups in total. The van der Waals surface area contributed by atoms with Gasteiger partial charge >= 0.3 is 0 Å². The number of hydrogen-bond acceptors (Lipinski definition) is 4. The van der Waals surface area contributed by atoms with Gasteiger partial charge in [-0.1, -0.05) is 6.07 Å². The average molecular weight is 207 g/mol. The maximum atomic E-state index is 5.46. The first kappa shape index (κ1) is 9.19. The average Bonchev–Trinajstić information content (AvgIpc) is 2.67. The molecule has 0 unspecified atom stereocenters. The van der Waals surface area contributed by atoms with Crippen LogP contribution in [0.25, 0.3) is 0 Å². The number of fused-ring (bicyclic) bond motifs is 1. The van der Waals surface area contributed by atoms with E-state index in [1.54, 1.807) is 7.11 Å². The Balaban J connectivity index is 2.61. The first-order valence-electron chi connectivity index (χ1n) is 4.27. The van der Waals surface area contributed by atoms with Gasteiger partial charge in [0.15, 0.2) is 11.4 Å². The van der Waals surface area contributed by atoms with Crippen LogP contribution >= 0.6 is 12.2 Å². The normalized spacial score (nSPS) is 12.6. The van der Waals surface area contributed by atoms with Crippen LogP contribution in [0.3, 0.4) is 0 Å². The summed E-state index contributed by atoms with van der Waals surface area (Å²) in [6, 6.07) is 3.86. The van der Waals surface area contributed by atoms with Gasteiger partial charge in [-0.15, -0.1) is 0 Å². The summed E-state index contributed by atoms with van der Waals surface area (Å²) >= 11 is 4.58. The number of methoxy groups -OCH3 is 1. The van der Waals surface area contributed by atoms with Gasteiger partial charge in [-0.2, -0.15) is 4.99 Å². The Morgan fingerprint density at radius 1 is 1.57 bits per heavy atom. The topological polar surface area (TPSA) is 30.8 Å². The highest BCUT2D eigenvalue weighted by atomic mass is 32.1. The molecule has 0 bridgehead atoms. The molecule has 0 saturated heterocycles. The van der Waals surface area contributed by atoms with Crippen molar-refractivity contribution >= 4 is 23.1 Å². The molecule has 0 atom stereocenters. The first-order chi connectivity index (χ1) is 6.86. The number of ether oxygens (including phenoxy) is 2. The van der Waals surface area contributed by atoms with Crippen LogP contribution in [-0.2, 0) is 6.42 Å². The van der Waals surface area contributed by atoms with Crippen molar-refractivity contribution in [1.29, 1.82) is 0 Å². The summed E-state index contributed by atoms with van der Waals surface area (Å²) in [5, 5.41) is 2.34. The third kappa shape index (κ3) is 1.39. The van der Waals surface area contributed by atoms with E-state index in [9.17, 15) is 0 Å². The Morgan fingerprint density at radius 2 is 2.43 bits per heavy atom. The fourth-order valence-electron chi connectivity index (χ4n) is 1.53. The zero-order valence-corrected chi connectivity index (χ0v) is 8.56. The van der Waals surface area contributed by atoms with Gasteiger partial charge < -0.3 is 9.47 Å². The van der Waals surface area contributed by atoms with E-state index in [2.05, 4.69) is 22.4 Å². The molecule has 1 aromatic rings. The SMILES string of the molecule is COc1ccc2c(c1N=C=S)OCC2. The summed E-state index contributed by atoms with van der Waals surface area (Å²) in [5.74, 6) is 1.45. The minimum Gasteiger partial charge on any atom is -0.494 e. The smallest absolute Gasteiger partial charge is 0.158 e. The summed E-state index contributed by atoms with van der Waals surface area (Å²) in [7, 11) is 1.60. The molecule has 0 radical (unpaired) electrons. The lowest BCUT2D eigenvalue weighted by Crippen LogP contribution is -1.88. The molecule has 3 nitrogen and oxygen atoms in total. The molecule has 0 amide bonds. The summed E-state index contributed by atoms with van der Waals surface area (Å²) in [6.45, 7) is 0.697. The van der Waals surface area contributed by atoms with Gasteiger partial charge in [0.2, 0.25) is 0 Å². The summed E-state index contributed by atoms with van der Waals surface area (Å²) in [5.41, 5.74) is 1.80. The second-order valence-corrected chi connectivity index (χ2v) is 3.09. The zero-order chi connectivity index (χ0) is 9.97. The largest absolute Gasteiger partial charge is 0.494 e. The van der Waals surface area contributed by atoms with Gasteiger partial charge in [0.25, 0.3) is 0 Å². The lowest BCUT2D eigenvalue weighted by atomic mass is 10.1. The molecule has 14 heavy (non-hydrogen) atoms. The third-order valence-electron chi connectivity index (χ3n) is 2.17. The standard InChI is InChI=1S/C10H9NO2S/c1-12-8-3-2-7-4-5-13-10(7)9(8)11-6-14/h2-3H,4-5H2,1H3. The van der Waals surface area contributed by atoms with Gasteiger partial charge in [-0.05, 0) is 18.3 Å². The van der Waals surface area contributed by atoms with Crippen LogP contribution in [0.4, 0.5) is 5.69 Å². The number of benzene rings is 1. The molecule has 2 rings (SSSR count). The minimum atomic E-state index is 0.650. The van der Waals surface area contributed by atoms with E-state index in [0.29, 0.717) is 18.0 Å². The summed E-state index contributed by atoms with van der Waals surface area (Å²) < 4.78 is 10.6. The van der Waals surface area contributed by atoms with Crippen molar-refractivity contribution in [3.8, 4) is 11.5 Å². The number of hydrogen-bond donors (Lipinski definition) is 0. The van der Waals surface area contributed by atoms with E-state index >= 15 is 0 Å². The Labute approximate surface area is 87.4 Å². The number of rotatable bonds is 2. The second kappa shape index (κ2) is 3.78. The highest BCUT2D eigenvalue weighted by molar-refractivity contribution is 7.78. The molecule has 0 aliphatic carbocycles. The molecular formula is C10H9NO2S. The van der Waals surface area contributed by atoms with Crippen molar-refractivity contribution in [3.63, 3.8) is 0 Å². The Hall–Kier alpha value is -1.38. The highest BCUT2D eigenvalue weighted by Crippen LogP contribution is 2.42. The second-order valence-electron chi connectivity index (χ2n) is 2.91. The van der Waals surface area contributed by atoms with Crippen molar-refractivity contribution < 1.29 is 9.47 Å². The van der Waals surface area contributed by atoms with Crippen LogP contribution < -0.4 is 9.47 Å². The Morgan fingerprint density at radius 3 is 3.14 bits per heavy atom. The van der Waals surface area contributed by atoms with Crippen LogP contribution in [0.1, 0.15) is 5.56 Å². The van der Waals surface area contributed by atoms with Gasteiger partial charge in [-0.3, -0.25) is 0 Å². The van der Waals surface area contributed by atoms with Gasteiger partial charge in [0.1, 0.15) is 5.75 Å². The fourth-order valence-corrected chi connectivity index (χ4v) is 1.62. The fraction of sp³-hybridized carbons (Fsp3) is 0.300. The molecule has 1 aromatic carbocycles. The quantitative estimate of drug-likeness (QED) is 0.551. The highest BCUT2D eigenvalue weighted by Gasteiger charge is 2.19. The van der Waals surface area contributed by atoms with E-state index in [1.165, 1.54) is 0 Å². The molecule has 1 aliphatic heterocycles. The number of aliphatic imine (C=N–C) groups is 1. The monoisotopic (exact) mass is 207 g/mol. The maximum absolute atomic E-state index is 5.46. The minimum absolute atomic E-state index is 0.650. The van der Waals surface area contributed by atoms with Gasteiger partial charge in [-0.25, -0.2) is 0 Å². The predicted molar refractivity (Wildman–Crippen MR) is 56.9 cm³/mol. The van der Waals surface area contributed by atoms with Crippen molar-refractivity contribution in [2.75, 3.05) is 13.7 Å². The lowest BCUT2D eigenvalue weighted by Gasteiger charge is -2.07. The molecule has 0 saturated carbocycles. The molecule has 0 fully saturated rings. The van der Waals surface area contributed by atoms with Crippen molar-refractivity contribution in [2.24, 2.45) is 4.99 Å². The lowest BCUT2D eigenvalue weighted by molar-refractivity contribution is 0.354. The number of nitrogens with zero attached hydrogens (tertiary/aromatic N) is 1. The first-order valence-corrected chi connectivity index (χ1v) is 4.68. The van der Waals surface area contributed by atoms with E-state index in [0.717, 1.165) is 17.7 Å². The number of thiocarbonyl (C=S) groups is 1. The van der Waals surface area contributed by atoms with E-state index in [4.69, 9.17) is 9.47 Å². The third-order valence-corrected chi connectivity index (χ3v) is 2.26. The molecule has 72 valence electrons. The zero-order valence-electron chi connectivity index (χ0n) is 7.74. The molecular weight excluding hydrogens is 198 g/mol. The summed E-state index contributed by atoms with van der Waals surface area (Å²) in [4.78, 5) is 3.96. The van der Waals surface area contributed by atoms with Crippen LogP contribution in [0, 0.1) is 0 Å². The Bertz CT molecular complexity index is 411. The predicted octanol–water partition coefficient (Wildman–Crippen LogP) is 2.36. The van der Waals surface area contributed by atoms with Crippen LogP contribution in [0.5, 0.6) is 11.5 Å². The van der Waals surface area contributed by atoms with Crippen molar-refractivity contribution in [3.05, 3.63) is 17.7 Å². The van der Waals surface area contributed by atoms with E-state index < -0.39 is 0 Å². The van der Waals surface area contributed by atoms with Crippen LogP contribution in [-0.4, -0.2) is 18.9 Å². The van der Waals surface area contributed by atoms with E-state index in [-0.39, 0.29) is 0 Å². The van der Waals surface area contributed by atoms with Crippen molar-refractivity contribution in [1.82, 2.24) is 0 Å². The van der Waals surface area contributed by atoms with Gasteiger partial charge in [0.05, 0.1) is 18.9 Å². The van der Waals surface area contributed by atoms with Crippen LogP contribution in [0.15, 0.2) is 17.1 Å². The Kier molecular flexibility index (Phi) is 2.48. The molecule has 0 aromatic heterocycles.